The number of barbiturate groups is 1. The number of carbonyl (C=O) groups is 4. The molecule has 7 nitrogen and oxygen atoms in total. The highest BCUT2D eigenvalue weighted by Crippen LogP contribution is 2.22. The standard InChI is InChI=1S/C11H8N2O5/c14-8-5-9(15)13(11(18)12-8)7-4-2-1-3-6(7)10(16)17/h1-4H,5H2,(H,16,17)(H,12,14,18). The second-order valence-corrected chi connectivity index (χ2v) is 3.58. The first-order valence-electron chi connectivity index (χ1n) is 5.00. The summed E-state index contributed by atoms with van der Waals surface area (Å²) in [7, 11) is 0. The molecule has 0 atom stereocenters. The first kappa shape index (κ1) is 11.8. The summed E-state index contributed by atoms with van der Waals surface area (Å²) >= 11 is 0. The molecule has 1 heterocycles. The van der Waals surface area contributed by atoms with Crippen molar-refractivity contribution in [1.82, 2.24) is 5.32 Å². The van der Waals surface area contributed by atoms with Crippen LogP contribution in [0.4, 0.5) is 10.5 Å². The highest BCUT2D eigenvalue weighted by molar-refractivity contribution is 6.27. The van der Waals surface area contributed by atoms with Crippen molar-refractivity contribution in [3.05, 3.63) is 29.8 Å². The van der Waals surface area contributed by atoms with Gasteiger partial charge in [-0.15, -0.1) is 0 Å². The smallest absolute Gasteiger partial charge is 0.337 e. The highest BCUT2D eigenvalue weighted by atomic mass is 16.4. The molecule has 0 spiro atoms. The Bertz CT molecular complexity index is 546. The van der Waals surface area contributed by atoms with Crippen molar-refractivity contribution < 1.29 is 24.3 Å². The van der Waals surface area contributed by atoms with Crippen LogP contribution in [-0.4, -0.2) is 28.9 Å². The minimum Gasteiger partial charge on any atom is -0.478 e. The largest absolute Gasteiger partial charge is 0.478 e. The quantitative estimate of drug-likeness (QED) is 0.735. The van der Waals surface area contributed by atoms with E-state index in [9.17, 15) is 19.2 Å². The first-order chi connectivity index (χ1) is 8.50. The van der Waals surface area contributed by atoms with Crippen LogP contribution in [0.2, 0.25) is 0 Å². The molecule has 0 aliphatic carbocycles. The zero-order valence-electron chi connectivity index (χ0n) is 9.04. The van der Waals surface area contributed by atoms with Crippen molar-refractivity contribution in [2.45, 2.75) is 6.42 Å². The average molecular weight is 248 g/mol. The maximum absolute atomic E-state index is 11.6. The lowest BCUT2D eigenvalue weighted by Crippen LogP contribution is -2.53. The number of benzene rings is 1. The summed E-state index contributed by atoms with van der Waals surface area (Å²) in [4.78, 5) is 45.9. The van der Waals surface area contributed by atoms with Gasteiger partial charge in [0, 0.05) is 0 Å². The van der Waals surface area contributed by atoms with Crippen molar-refractivity contribution in [1.29, 1.82) is 0 Å². The van der Waals surface area contributed by atoms with Gasteiger partial charge in [0.05, 0.1) is 11.3 Å². The number of nitrogens with zero attached hydrogens (tertiary/aromatic N) is 1. The van der Waals surface area contributed by atoms with Gasteiger partial charge in [0.25, 0.3) is 0 Å². The second-order valence-electron chi connectivity index (χ2n) is 3.58. The Morgan fingerprint density at radius 1 is 1.22 bits per heavy atom. The zero-order valence-corrected chi connectivity index (χ0v) is 9.04. The van der Waals surface area contributed by atoms with Crippen LogP contribution >= 0.6 is 0 Å². The van der Waals surface area contributed by atoms with Crippen molar-refractivity contribution in [2.75, 3.05) is 4.90 Å². The third-order valence-electron chi connectivity index (χ3n) is 2.39. The van der Waals surface area contributed by atoms with Gasteiger partial charge in [-0.1, -0.05) is 12.1 Å². The SMILES string of the molecule is O=C1CC(=O)N(c2ccccc2C(=O)O)C(=O)N1. The van der Waals surface area contributed by atoms with Gasteiger partial charge < -0.3 is 5.11 Å². The van der Waals surface area contributed by atoms with E-state index >= 15 is 0 Å². The Balaban J connectivity index is 2.48. The third kappa shape index (κ3) is 1.93. The van der Waals surface area contributed by atoms with Crippen LogP contribution in [0, 0.1) is 0 Å². The Morgan fingerprint density at radius 3 is 2.50 bits per heavy atom. The fraction of sp³-hybridized carbons (Fsp3) is 0.0909. The lowest BCUT2D eigenvalue weighted by Gasteiger charge is -2.25. The number of carboxylic acid groups (broad SMARTS) is 1. The molecule has 2 rings (SSSR count). The molecule has 0 saturated carbocycles. The molecule has 1 fully saturated rings. The fourth-order valence-corrected chi connectivity index (χ4v) is 1.64. The number of imide groups is 2. The van der Waals surface area contributed by atoms with E-state index in [1.165, 1.54) is 24.3 Å². The fourth-order valence-electron chi connectivity index (χ4n) is 1.64. The molecule has 1 aromatic carbocycles. The van der Waals surface area contributed by atoms with Crippen LogP contribution in [0.5, 0.6) is 0 Å². The van der Waals surface area contributed by atoms with Gasteiger partial charge in [0.1, 0.15) is 6.42 Å². The highest BCUT2D eigenvalue weighted by Gasteiger charge is 2.34. The van der Waals surface area contributed by atoms with Crippen LogP contribution in [0.15, 0.2) is 24.3 Å². The molecule has 2 N–H and O–H groups in total. The number of amides is 4. The Hall–Kier alpha value is -2.70. The Morgan fingerprint density at radius 2 is 1.89 bits per heavy atom. The van der Waals surface area contributed by atoms with Gasteiger partial charge in [0.15, 0.2) is 0 Å². The molecule has 1 aliphatic heterocycles. The van der Waals surface area contributed by atoms with Gasteiger partial charge in [-0.2, -0.15) is 0 Å². The minimum absolute atomic E-state index is 0.0556. The summed E-state index contributed by atoms with van der Waals surface area (Å²) in [6.45, 7) is 0. The van der Waals surface area contributed by atoms with E-state index in [1.807, 2.05) is 5.32 Å². The number of carboxylic acids is 1. The molecule has 1 aliphatic rings. The van der Waals surface area contributed by atoms with Crippen molar-refractivity contribution in [3.63, 3.8) is 0 Å². The molecular weight excluding hydrogens is 240 g/mol. The number of urea groups is 1. The molecule has 0 aromatic heterocycles. The number of anilines is 1. The topological polar surface area (TPSA) is 104 Å². The molecule has 0 radical (unpaired) electrons. The van der Waals surface area contributed by atoms with E-state index in [-0.39, 0.29) is 11.3 Å². The Labute approximate surface area is 101 Å². The number of nitrogens with one attached hydrogen (secondary N) is 1. The lowest BCUT2D eigenvalue weighted by atomic mass is 10.1. The van der Waals surface area contributed by atoms with Gasteiger partial charge in [0.2, 0.25) is 11.8 Å². The summed E-state index contributed by atoms with van der Waals surface area (Å²) in [5.74, 6) is -2.71. The second kappa shape index (κ2) is 4.28. The third-order valence-corrected chi connectivity index (χ3v) is 2.39. The van der Waals surface area contributed by atoms with Crippen molar-refractivity contribution in [2.24, 2.45) is 0 Å². The number of hydrogen-bond donors (Lipinski definition) is 2. The number of rotatable bonds is 2. The predicted molar refractivity (Wildman–Crippen MR) is 59.0 cm³/mol. The normalized spacial score (nSPS) is 15.6. The summed E-state index contributed by atoms with van der Waals surface area (Å²) in [5.41, 5.74) is -0.240. The summed E-state index contributed by atoms with van der Waals surface area (Å²) in [6.07, 6.45) is -0.486. The van der Waals surface area contributed by atoms with E-state index < -0.39 is 30.2 Å². The van der Waals surface area contributed by atoms with Gasteiger partial charge >= 0.3 is 12.0 Å². The number of hydrogen-bond acceptors (Lipinski definition) is 4. The lowest BCUT2D eigenvalue weighted by molar-refractivity contribution is -0.128. The summed E-state index contributed by atoms with van der Waals surface area (Å²) in [5, 5.41) is 10.9. The molecule has 18 heavy (non-hydrogen) atoms. The maximum Gasteiger partial charge on any atom is 0.337 e. The molecule has 92 valence electrons. The van der Waals surface area contributed by atoms with Crippen molar-refractivity contribution >= 4 is 29.5 Å². The Kier molecular flexibility index (Phi) is 2.80. The first-order valence-corrected chi connectivity index (χ1v) is 5.00. The van der Waals surface area contributed by atoms with Crippen LogP contribution in [0.3, 0.4) is 0 Å². The van der Waals surface area contributed by atoms with Gasteiger partial charge in [-0.05, 0) is 12.1 Å². The van der Waals surface area contributed by atoms with Crippen LogP contribution < -0.4 is 10.2 Å². The van der Waals surface area contributed by atoms with E-state index in [2.05, 4.69) is 0 Å². The summed E-state index contributed by atoms with van der Waals surface area (Å²) in [6, 6.07) is 4.64. The molecule has 4 amide bonds. The number of aromatic carboxylic acids is 1. The number of para-hydroxylation sites is 1. The minimum atomic E-state index is -1.26. The molecule has 0 unspecified atom stereocenters. The molecular formula is C11H8N2O5. The van der Waals surface area contributed by atoms with Gasteiger partial charge in [-0.3, -0.25) is 14.9 Å². The van der Waals surface area contributed by atoms with E-state index in [0.717, 1.165) is 0 Å². The molecule has 1 saturated heterocycles. The monoisotopic (exact) mass is 248 g/mol. The van der Waals surface area contributed by atoms with Crippen LogP contribution in [0.1, 0.15) is 16.8 Å². The predicted octanol–water partition coefficient (Wildman–Crippen LogP) is 0.358. The van der Waals surface area contributed by atoms with Crippen molar-refractivity contribution in [3.8, 4) is 0 Å². The maximum atomic E-state index is 11.6. The van der Waals surface area contributed by atoms with E-state index in [4.69, 9.17) is 5.11 Å². The van der Waals surface area contributed by atoms with E-state index in [0.29, 0.717) is 4.90 Å². The van der Waals surface area contributed by atoms with Crippen LogP contribution in [-0.2, 0) is 9.59 Å². The molecule has 0 bridgehead atoms. The average Bonchev–Trinajstić information content (AvgIpc) is 2.28. The molecule has 1 aromatic rings. The van der Waals surface area contributed by atoms with Crippen LogP contribution in [0.25, 0.3) is 0 Å². The molecule has 7 heteroatoms. The van der Waals surface area contributed by atoms with E-state index in [1.54, 1.807) is 0 Å². The van der Waals surface area contributed by atoms with Gasteiger partial charge in [-0.25, -0.2) is 14.5 Å². The zero-order chi connectivity index (χ0) is 13.3. The number of carbonyl (C=O) groups excluding carboxylic acids is 3. The summed E-state index contributed by atoms with van der Waals surface area (Å²) < 4.78 is 0.